The fraction of sp³-hybridized carbons (Fsp3) is 0.391. The summed E-state index contributed by atoms with van der Waals surface area (Å²) in [6, 6.07) is 19.8. The summed E-state index contributed by atoms with van der Waals surface area (Å²) in [4.78, 5) is 29.1. The molecule has 1 saturated heterocycles. The lowest BCUT2D eigenvalue weighted by Crippen LogP contribution is -2.44. The van der Waals surface area contributed by atoms with Crippen LogP contribution >= 0.6 is 0 Å². The van der Waals surface area contributed by atoms with Crippen molar-refractivity contribution in [2.45, 2.75) is 25.7 Å². The molecule has 0 radical (unpaired) electrons. The first-order chi connectivity index (χ1) is 13.1. The van der Waals surface area contributed by atoms with Crippen LogP contribution in [0, 0.1) is 5.92 Å². The number of Topliss-reactive ketones (excluding diaryl/α,β-unsaturated/α-hetero) is 1. The van der Waals surface area contributed by atoms with Gasteiger partial charge in [0.05, 0.1) is 6.54 Å². The number of nitrogens with zero attached hydrogens (tertiary/aromatic N) is 2. The van der Waals surface area contributed by atoms with Crippen molar-refractivity contribution in [3.8, 4) is 0 Å². The Bertz CT molecular complexity index is 745. The summed E-state index contributed by atoms with van der Waals surface area (Å²) in [7, 11) is 1.81. The number of carbonyl (C=O) groups excluding carboxylic acids is 2. The van der Waals surface area contributed by atoms with Crippen molar-refractivity contribution >= 4 is 17.4 Å². The van der Waals surface area contributed by atoms with E-state index in [0.29, 0.717) is 25.3 Å². The Balaban J connectivity index is 1.50. The van der Waals surface area contributed by atoms with Gasteiger partial charge in [0.1, 0.15) is 5.78 Å². The Morgan fingerprint density at radius 3 is 2.41 bits per heavy atom. The molecule has 1 aliphatic rings. The van der Waals surface area contributed by atoms with Gasteiger partial charge >= 0.3 is 0 Å². The van der Waals surface area contributed by atoms with Crippen molar-refractivity contribution in [2.24, 2.45) is 5.92 Å². The van der Waals surface area contributed by atoms with Gasteiger partial charge in [-0.05, 0) is 43.5 Å². The van der Waals surface area contributed by atoms with E-state index in [2.05, 4.69) is 17.0 Å². The van der Waals surface area contributed by atoms with Gasteiger partial charge in [-0.3, -0.25) is 14.5 Å². The standard InChI is InChI=1S/C23H28N2O2/c1-24(21-12-6-3-7-13-21)23(27)18-25-16-8-11-20(17-25)22(26)15-14-19-9-4-2-5-10-19/h2-7,9-10,12-13,20H,8,11,14-18H2,1H3. The van der Waals surface area contributed by atoms with Gasteiger partial charge in [0.15, 0.2) is 0 Å². The van der Waals surface area contributed by atoms with E-state index in [1.54, 1.807) is 4.90 Å². The molecular weight excluding hydrogens is 336 g/mol. The van der Waals surface area contributed by atoms with Crippen molar-refractivity contribution in [3.05, 3.63) is 66.2 Å². The molecule has 2 aromatic carbocycles. The molecule has 0 bridgehead atoms. The van der Waals surface area contributed by atoms with E-state index in [1.165, 1.54) is 5.56 Å². The van der Waals surface area contributed by atoms with Crippen LogP contribution in [0.2, 0.25) is 0 Å². The van der Waals surface area contributed by atoms with Crippen LogP contribution in [0.5, 0.6) is 0 Å². The average molecular weight is 364 g/mol. The van der Waals surface area contributed by atoms with Crippen LogP contribution < -0.4 is 4.90 Å². The monoisotopic (exact) mass is 364 g/mol. The second-order valence-electron chi connectivity index (χ2n) is 7.31. The van der Waals surface area contributed by atoms with Gasteiger partial charge in [0.2, 0.25) is 5.91 Å². The number of carbonyl (C=O) groups is 2. The summed E-state index contributed by atoms with van der Waals surface area (Å²) in [5.41, 5.74) is 2.10. The number of aryl methyl sites for hydroxylation is 1. The van der Waals surface area contributed by atoms with Crippen molar-refractivity contribution in [2.75, 3.05) is 31.6 Å². The highest BCUT2D eigenvalue weighted by atomic mass is 16.2. The van der Waals surface area contributed by atoms with E-state index in [-0.39, 0.29) is 11.8 Å². The SMILES string of the molecule is CN(C(=O)CN1CCCC(C(=O)CCc2ccccc2)C1)c1ccccc1. The smallest absolute Gasteiger partial charge is 0.240 e. The summed E-state index contributed by atoms with van der Waals surface area (Å²) in [5, 5.41) is 0. The van der Waals surface area contributed by atoms with Crippen LogP contribution in [-0.4, -0.2) is 43.3 Å². The van der Waals surface area contributed by atoms with Crippen LogP contribution in [0.3, 0.4) is 0 Å². The third-order valence-corrected chi connectivity index (χ3v) is 5.34. The molecule has 1 fully saturated rings. The maximum absolute atomic E-state index is 12.6. The Hall–Kier alpha value is -2.46. The van der Waals surface area contributed by atoms with Gasteiger partial charge in [-0.15, -0.1) is 0 Å². The Morgan fingerprint density at radius 2 is 1.70 bits per heavy atom. The van der Waals surface area contributed by atoms with Crippen LogP contribution in [0.1, 0.15) is 24.8 Å². The summed E-state index contributed by atoms with van der Waals surface area (Å²) in [6.07, 6.45) is 3.29. The number of rotatable bonds is 7. The first-order valence-corrected chi connectivity index (χ1v) is 9.74. The van der Waals surface area contributed by atoms with Crippen molar-refractivity contribution < 1.29 is 9.59 Å². The molecule has 27 heavy (non-hydrogen) atoms. The van der Waals surface area contributed by atoms with Crippen LogP contribution in [0.25, 0.3) is 0 Å². The molecule has 1 amide bonds. The molecule has 0 N–H and O–H groups in total. The fourth-order valence-corrected chi connectivity index (χ4v) is 3.67. The molecule has 3 rings (SSSR count). The number of para-hydroxylation sites is 1. The third kappa shape index (κ3) is 5.51. The summed E-state index contributed by atoms with van der Waals surface area (Å²) in [6.45, 7) is 1.95. The lowest BCUT2D eigenvalue weighted by molar-refractivity contribution is -0.126. The van der Waals surface area contributed by atoms with E-state index in [0.717, 1.165) is 31.5 Å². The zero-order valence-electron chi connectivity index (χ0n) is 16.0. The van der Waals surface area contributed by atoms with Crippen LogP contribution in [0.15, 0.2) is 60.7 Å². The largest absolute Gasteiger partial charge is 0.314 e. The predicted octanol–water partition coefficient (Wildman–Crippen LogP) is 3.56. The van der Waals surface area contributed by atoms with Crippen LogP contribution in [-0.2, 0) is 16.0 Å². The number of anilines is 1. The normalized spacial score (nSPS) is 17.4. The van der Waals surface area contributed by atoms with E-state index < -0.39 is 0 Å². The minimum Gasteiger partial charge on any atom is -0.314 e. The third-order valence-electron chi connectivity index (χ3n) is 5.34. The number of hydrogen-bond acceptors (Lipinski definition) is 3. The molecule has 1 unspecified atom stereocenters. The topological polar surface area (TPSA) is 40.6 Å². The molecule has 1 aliphatic heterocycles. The van der Waals surface area contributed by atoms with Crippen molar-refractivity contribution in [1.82, 2.24) is 4.90 Å². The number of likely N-dealkylation sites (tertiary alicyclic amines) is 1. The first-order valence-electron chi connectivity index (χ1n) is 9.74. The van der Waals surface area contributed by atoms with E-state index in [4.69, 9.17) is 0 Å². The molecule has 1 atom stereocenters. The van der Waals surface area contributed by atoms with Crippen molar-refractivity contribution in [3.63, 3.8) is 0 Å². The van der Waals surface area contributed by atoms with Gasteiger partial charge in [-0.1, -0.05) is 48.5 Å². The minimum atomic E-state index is 0.0530. The molecule has 142 valence electrons. The maximum Gasteiger partial charge on any atom is 0.240 e. The average Bonchev–Trinajstić information content (AvgIpc) is 2.73. The molecule has 4 nitrogen and oxygen atoms in total. The highest BCUT2D eigenvalue weighted by Crippen LogP contribution is 2.20. The lowest BCUT2D eigenvalue weighted by Gasteiger charge is -2.32. The summed E-state index contributed by atoms with van der Waals surface area (Å²) < 4.78 is 0. The number of piperidine rings is 1. The minimum absolute atomic E-state index is 0.0530. The lowest BCUT2D eigenvalue weighted by atomic mass is 9.90. The molecule has 0 aromatic heterocycles. The highest BCUT2D eigenvalue weighted by Gasteiger charge is 2.27. The second kappa shape index (κ2) is 9.47. The van der Waals surface area contributed by atoms with Gasteiger partial charge in [0, 0.05) is 31.6 Å². The number of ketones is 1. The number of hydrogen-bond donors (Lipinski definition) is 0. The fourth-order valence-electron chi connectivity index (χ4n) is 3.67. The van der Waals surface area contributed by atoms with Gasteiger partial charge < -0.3 is 4.90 Å². The van der Waals surface area contributed by atoms with Gasteiger partial charge in [0.25, 0.3) is 0 Å². The number of amides is 1. The number of likely N-dealkylation sites (N-methyl/N-ethyl adjacent to an activating group) is 1. The maximum atomic E-state index is 12.6. The van der Waals surface area contributed by atoms with E-state index >= 15 is 0 Å². The molecule has 4 heteroatoms. The molecular formula is C23H28N2O2. The zero-order chi connectivity index (χ0) is 19.1. The predicted molar refractivity (Wildman–Crippen MR) is 109 cm³/mol. The Labute approximate surface area is 161 Å². The van der Waals surface area contributed by atoms with Gasteiger partial charge in [-0.25, -0.2) is 0 Å². The Kier molecular flexibility index (Phi) is 6.77. The molecule has 1 heterocycles. The molecule has 2 aromatic rings. The number of benzene rings is 2. The summed E-state index contributed by atoms with van der Waals surface area (Å²) >= 11 is 0. The second-order valence-corrected chi connectivity index (χ2v) is 7.31. The summed E-state index contributed by atoms with van der Waals surface area (Å²) in [5.74, 6) is 0.447. The van der Waals surface area contributed by atoms with Gasteiger partial charge in [-0.2, -0.15) is 0 Å². The Morgan fingerprint density at radius 1 is 1.04 bits per heavy atom. The quantitative estimate of drug-likeness (QED) is 0.754. The zero-order valence-corrected chi connectivity index (χ0v) is 16.0. The van der Waals surface area contributed by atoms with Crippen LogP contribution in [0.4, 0.5) is 5.69 Å². The highest BCUT2D eigenvalue weighted by molar-refractivity contribution is 5.94. The molecule has 0 saturated carbocycles. The van der Waals surface area contributed by atoms with E-state index in [9.17, 15) is 9.59 Å². The van der Waals surface area contributed by atoms with Crippen molar-refractivity contribution in [1.29, 1.82) is 0 Å². The first kappa shape index (κ1) is 19.3. The molecule has 0 spiro atoms. The molecule has 0 aliphatic carbocycles. The van der Waals surface area contributed by atoms with E-state index in [1.807, 2.05) is 55.6 Å².